The first-order valence-electron chi connectivity index (χ1n) is 7.66. The molecule has 1 rings (SSSR count). The van der Waals surface area contributed by atoms with Crippen LogP contribution < -0.4 is 5.32 Å². The molecular weight excluding hydrogens is 363 g/mol. The fraction of sp³-hybridized carbons (Fsp3) is 0.526. The van der Waals surface area contributed by atoms with E-state index < -0.39 is 0 Å². The fourth-order valence-electron chi connectivity index (χ4n) is 1.99. The van der Waals surface area contributed by atoms with Crippen LogP contribution in [0.4, 0.5) is 0 Å². The van der Waals surface area contributed by atoms with Gasteiger partial charge in [-0.05, 0) is 36.1 Å². The van der Waals surface area contributed by atoms with Gasteiger partial charge < -0.3 is 17.0 Å². The van der Waals surface area contributed by atoms with Gasteiger partial charge in [0.1, 0.15) is 0 Å². The van der Waals surface area contributed by atoms with Gasteiger partial charge in [0.05, 0.1) is 0 Å². The molecule has 0 aliphatic rings. The van der Waals surface area contributed by atoms with Crippen LogP contribution in [0, 0.1) is 12.8 Å². The van der Waals surface area contributed by atoms with Crippen molar-refractivity contribution in [3.8, 4) is 0 Å². The molecule has 1 atom stereocenters. The second-order valence-electron chi connectivity index (χ2n) is 4.61. The topological polar surface area (TPSA) is 46.2 Å². The fourth-order valence-corrected chi connectivity index (χ4v) is 1.99. The summed E-state index contributed by atoms with van der Waals surface area (Å²) in [6.45, 7) is 9.80. The zero-order chi connectivity index (χ0) is 16.3. The number of hydrogen-bond donors (Lipinski definition) is 1. The molecule has 0 saturated heterocycles. The Morgan fingerprint density at radius 3 is 2.26 bits per heavy atom. The maximum Gasteiger partial charge on any atom is 0.251 e. The second kappa shape index (κ2) is 16.3. The van der Waals surface area contributed by atoms with E-state index in [0.717, 1.165) is 30.4 Å². The zero-order valence-electron chi connectivity index (χ0n) is 14.2. The molecule has 1 N–H and O–H groups in total. The molecule has 0 spiro atoms. The van der Waals surface area contributed by atoms with E-state index in [9.17, 15) is 9.59 Å². The molecule has 0 saturated carbocycles. The molecule has 3 nitrogen and oxygen atoms in total. The first-order chi connectivity index (χ1) is 10.1. The Bertz CT molecular complexity index is 447. The van der Waals surface area contributed by atoms with Crippen LogP contribution in [-0.4, -0.2) is 19.2 Å². The summed E-state index contributed by atoms with van der Waals surface area (Å²) in [7, 11) is 1.63. The second-order valence-corrected chi connectivity index (χ2v) is 4.61. The molecule has 0 aliphatic heterocycles. The van der Waals surface area contributed by atoms with Crippen LogP contribution in [0.2, 0.25) is 0 Å². The largest absolute Gasteiger partial charge is 0.542 e. The molecule has 1 aromatic rings. The van der Waals surface area contributed by atoms with Gasteiger partial charge in [-0.3, -0.25) is 11.1 Å². The van der Waals surface area contributed by atoms with Crippen LogP contribution in [-0.2, 0) is 50.3 Å². The van der Waals surface area contributed by atoms with Crippen molar-refractivity contribution in [3.63, 3.8) is 0 Å². The summed E-state index contributed by atoms with van der Waals surface area (Å²) in [6.07, 6.45) is 4.96. The third kappa shape index (κ3) is 10.0. The summed E-state index contributed by atoms with van der Waals surface area (Å²) in [6, 6.07) is 5.90. The van der Waals surface area contributed by atoms with Gasteiger partial charge in [-0.15, -0.1) is 0 Å². The Labute approximate surface area is 167 Å². The zero-order valence-corrected chi connectivity index (χ0v) is 17.1. The first-order valence-corrected chi connectivity index (χ1v) is 7.66. The quantitative estimate of drug-likeness (QED) is 0.707. The number of aryl methyl sites for hydroxylation is 2. The van der Waals surface area contributed by atoms with Crippen LogP contribution in [0.5, 0.6) is 0 Å². The third-order valence-corrected chi connectivity index (χ3v) is 3.25. The van der Waals surface area contributed by atoms with Gasteiger partial charge in [0.15, 0.2) is 0 Å². The maximum atomic E-state index is 11.7. The molecule has 0 aromatic heterocycles. The average Bonchev–Trinajstić information content (AvgIpc) is 2.56. The molecule has 0 bridgehead atoms. The van der Waals surface area contributed by atoms with Crippen molar-refractivity contribution in [1.29, 1.82) is 0 Å². The Hall–Kier alpha value is -0.536. The molecule has 1 unspecified atom stereocenters. The van der Waals surface area contributed by atoms with E-state index in [0.29, 0.717) is 12.0 Å². The molecule has 1 amide bonds. The number of nitrogens with one attached hydrogen (secondary N) is 1. The molecule has 1 radical (unpaired) electrons. The Morgan fingerprint density at radius 2 is 1.83 bits per heavy atom. The summed E-state index contributed by atoms with van der Waals surface area (Å²) in [5.41, 5.74) is 2.90. The Kier molecular flexibility index (Phi) is 19.4. The standard InChI is InChI=1S/C16H21NO2.C2H6.CH4.Y/c1-4-12(11-18)6-7-14-8-13(5-2)9-15(10-14)16(19)17-3;1-2;;/h8-10,12H,1,4-7H2,2-3H3,(H,17,19);1-2H3;1H4;/q-2;;;. The van der Waals surface area contributed by atoms with E-state index in [2.05, 4.69) is 25.2 Å². The Morgan fingerprint density at radius 1 is 1.26 bits per heavy atom. The third-order valence-electron chi connectivity index (χ3n) is 3.25. The molecule has 1 aromatic carbocycles. The SMILES string of the molecule is C.CC.[CH2-]CC([C-]=O)CCc1cc(CC)cc(C(=O)NC)c1.[Y]. The smallest absolute Gasteiger partial charge is 0.251 e. The molecule has 4 heteroatoms. The van der Waals surface area contributed by atoms with Crippen LogP contribution in [0.25, 0.3) is 0 Å². The van der Waals surface area contributed by atoms with Gasteiger partial charge in [0, 0.05) is 45.3 Å². The summed E-state index contributed by atoms with van der Waals surface area (Å²) in [5, 5.41) is 2.64. The van der Waals surface area contributed by atoms with Crippen molar-refractivity contribution in [3.05, 3.63) is 41.8 Å². The van der Waals surface area contributed by atoms with E-state index in [1.54, 1.807) is 7.05 Å². The summed E-state index contributed by atoms with van der Waals surface area (Å²) < 4.78 is 0. The monoisotopic (exact) mass is 394 g/mol. The van der Waals surface area contributed by atoms with Crippen molar-refractivity contribution in [2.45, 2.75) is 53.9 Å². The van der Waals surface area contributed by atoms with E-state index >= 15 is 0 Å². The minimum atomic E-state index is -0.117. The number of amides is 1. The molecule has 129 valence electrons. The van der Waals surface area contributed by atoms with E-state index in [-0.39, 0.29) is 52.0 Å². The normalized spacial score (nSPS) is 10.1. The summed E-state index contributed by atoms with van der Waals surface area (Å²) >= 11 is 0. The minimum absolute atomic E-state index is 0. The van der Waals surface area contributed by atoms with E-state index in [1.807, 2.05) is 32.3 Å². The minimum Gasteiger partial charge on any atom is -0.542 e. The van der Waals surface area contributed by atoms with Crippen LogP contribution in [0.3, 0.4) is 0 Å². The predicted octanol–water partition coefficient (Wildman–Crippen LogP) is 4.15. The van der Waals surface area contributed by atoms with Crippen molar-refractivity contribution < 1.29 is 42.3 Å². The molecular formula is C19H31NO2Y-2. The van der Waals surface area contributed by atoms with Gasteiger partial charge in [0.2, 0.25) is 0 Å². The maximum absolute atomic E-state index is 11.7. The molecule has 0 fully saturated rings. The molecule has 23 heavy (non-hydrogen) atoms. The average molecular weight is 394 g/mol. The van der Waals surface area contributed by atoms with Gasteiger partial charge in [-0.25, -0.2) is 6.42 Å². The van der Waals surface area contributed by atoms with E-state index in [1.165, 1.54) is 0 Å². The first kappa shape index (κ1) is 27.3. The number of benzene rings is 1. The summed E-state index contributed by atoms with van der Waals surface area (Å²) in [4.78, 5) is 22.4. The number of rotatable bonds is 7. The van der Waals surface area contributed by atoms with Crippen LogP contribution >= 0.6 is 0 Å². The van der Waals surface area contributed by atoms with Crippen LogP contribution in [0.1, 0.15) is 62.5 Å². The van der Waals surface area contributed by atoms with Crippen molar-refractivity contribution in [2.24, 2.45) is 5.92 Å². The molecule has 0 heterocycles. The number of hydrogen-bond acceptors (Lipinski definition) is 2. The summed E-state index contributed by atoms with van der Waals surface area (Å²) in [5.74, 6) is -0.194. The van der Waals surface area contributed by atoms with E-state index in [4.69, 9.17) is 0 Å². The van der Waals surface area contributed by atoms with Crippen LogP contribution in [0.15, 0.2) is 18.2 Å². The number of carbonyl (C=O) groups is 1. The molecule has 0 aliphatic carbocycles. The Balaban J connectivity index is -0.000000960. The van der Waals surface area contributed by atoms with Gasteiger partial charge >= 0.3 is 0 Å². The number of carbonyl (C=O) groups excluding carboxylic acids is 2. The van der Waals surface area contributed by atoms with Crippen molar-refractivity contribution in [1.82, 2.24) is 5.32 Å². The van der Waals surface area contributed by atoms with Gasteiger partial charge in [-0.1, -0.05) is 40.7 Å². The van der Waals surface area contributed by atoms with Gasteiger partial charge in [-0.2, -0.15) is 5.92 Å². The van der Waals surface area contributed by atoms with Gasteiger partial charge in [0.25, 0.3) is 5.91 Å². The van der Waals surface area contributed by atoms with Crippen molar-refractivity contribution >= 4 is 12.2 Å². The predicted molar refractivity (Wildman–Crippen MR) is 94.8 cm³/mol. The van der Waals surface area contributed by atoms with Crippen molar-refractivity contribution in [2.75, 3.05) is 7.05 Å².